The van der Waals surface area contributed by atoms with Crippen LogP contribution in [-0.2, 0) is 9.47 Å². The second-order valence-electron chi connectivity index (χ2n) is 9.54. The topological polar surface area (TPSA) is 21.7 Å². The van der Waals surface area contributed by atoms with Crippen molar-refractivity contribution in [3.8, 4) is 0 Å². The molecule has 0 saturated carbocycles. The molecule has 2 aliphatic rings. The van der Waals surface area contributed by atoms with Gasteiger partial charge in [-0.2, -0.15) is 0 Å². The van der Waals surface area contributed by atoms with Gasteiger partial charge in [0.2, 0.25) is 0 Å². The Morgan fingerprint density at radius 3 is 1.80 bits per heavy atom. The lowest BCUT2D eigenvalue weighted by atomic mass is 9.83. The maximum atomic E-state index is 6.23. The van der Waals surface area contributed by atoms with Crippen molar-refractivity contribution in [3.05, 3.63) is 0 Å². The fourth-order valence-corrected chi connectivity index (χ4v) is 3.26. The van der Waals surface area contributed by atoms with E-state index in [1.807, 2.05) is 0 Å². The molecule has 2 saturated heterocycles. The third-order valence-electron chi connectivity index (χ3n) is 4.61. The molecule has 3 nitrogen and oxygen atoms in total. The van der Waals surface area contributed by atoms with E-state index in [1.54, 1.807) is 0 Å². The molecule has 2 aliphatic heterocycles. The zero-order chi connectivity index (χ0) is 15.4. The summed E-state index contributed by atoms with van der Waals surface area (Å²) in [5.74, 6) is -0.388. The molecule has 2 heterocycles. The van der Waals surface area contributed by atoms with Crippen LogP contribution in [0.5, 0.6) is 0 Å². The Morgan fingerprint density at radius 1 is 0.950 bits per heavy atom. The highest BCUT2D eigenvalue weighted by atomic mass is 16.7. The van der Waals surface area contributed by atoms with Crippen LogP contribution in [0.3, 0.4) is 0 Å². The van der Waals surface area contributed by atoms with E-state index < -0.39 is 0 Å². The fourth-order valence-electron chi connectivity index (χ4n) is 3.26. The lowest BCUT2D eigenvalue weighted by molar-refractivity contribution is -0.292. The largest absolute Gasteiger partial charge is 0.348 e. The van der Waals surface area contributed by atoms with Crippen LogP contribution in [0.1, 0.15) is 61.8 Å². The Hall–Kier alpha value is -0.120. The summed E-state index contributed by atoms with van der Waals surface area (Å²) in [6.45, 7) is 20.7. The number of hydrogen-bond acceptors (Lipinski definition) is 3. The first-order valence-electron chi connectivity index (χ1n) is 7.89. The molecule has 1 unspecified atom stereocenters. The highest BCUT2D eigenvalue weighted by Gasteiger charge is 2.54. The smallest absolute Gasteiger partial charge is 0.182 e. The van der Waals surface area contributed by atoms with Gasteiger partial charge in [-0.15, -0.1) is 0 Å². The molecular weight excluding hydrogens is 250 g/mol. The van der Waals surface area contributed by atoms with Crippen LogP contribution in [0.4, 0.5) is 0 Å². The third-order valence-corrected chi connectivity index (χ3v) is 4.61. The van der Waals surface area contributed by atoms with Gasteiger partial charge < -0.3 is 9.47 Å². The van der Waals surface area contributed by atoms with E-state index in [1.165, 1.54) is 0 Å². The van der Waals surface area contributed by atoms with E-state index in [0.29, 0.717) is 6.04 Å². The van der Waals surface area contributed by atoms with E-state index in [-0.39, 0.29) is 22.2 Å². The second kappa shape index (κ2) is 4.69. The SMILES string of the molecule is CC1(C)COC2(CC(C(C)(C)C)N(C(C)(C)C)C2)OC1. The number of hydrogen-bond donors (Lipinski definition) is 0. The van der Waals surface area contributed by atoms with Crippen LogP contribution in [-0.4, -0.2) is 42.0 Å². The van der Waals surface area contributed by atoms with Gasteiger partial charge in [0, 0.05) is 23.4 Å². The molecule has 0 aromatic carbocycles. The summed E-state index contributed by atoms with van der Waals surface area (Å²) in [4.78, 5) is 2.57. The van der Waals surface area contributed by atoms with Gasteiger partial charge in [0.15, 0.2) is 5.79 Å². The Balaban J connectivity index is 2.21. The molecule has 1 spiro atoms. The molecule has 0 aromatic rings. The van der Waals surface area contributed by atoms with E-state index in [4.69, 9.17) is 9.47 Å². The molecule has 0 bridgehead atoms. The zero-order valence-electron chi connectivity index (χ0n) is 14.7. The molecule has 0 aromatic heterocycles. The molecule has 0 amide bonds. The standard InChI is InChI=1S/C17H33NO2/c1-14(2,3)13-9-17(10-18(13)15(4,5)6)19-11-16(7,8)12-20-17/h13H,9-12H2,1-8H3. The number of likely N-dealkylation sites (tertiary alicyclic amines) is 1. The highest BCUT2D eigenvalue weighted by molar-refractivity contribution is 5.02. The van der Waals surface area contributed by atoms with Crippen LogP contribution in [0.25, 0.3) is 0 Å². The summed E-state index contributed by atoms with van der Waals surface area (Å²) in [7, 11) is 0. The first-order valence-corrected chi connectivity index (χ1v) is 7.89. The molecule has 1 atom stereocenters. The minimum absolute atomic E-state index is 0.137. The van der Waals surface area contributed by atoms with Crippen molar-refractivity contribution in [1.82, 2.24) is 4.90 Å². The van der Waals surface area contributed by atoms with Gasteiger partial charge in [0.05, 0.1) is 19.8 Å². The van der Waals surface area contributed by atoms with Crippen molar-refractivity contribution in [2.75, 3.05) is 19.8 Å². The Kier molecular flexibility index (Phi) is 3.81. The average Bonchev–Trinajstić information content (AvgIpc) is 2.63. The van der Waals surface area contributed by atoms with E-state index in [0.717, 1.165) is 26.2 Å². The van der Waals surface area contributed by atoms with Gasteiger partial charge >= 0.3 is 0 Å². The fraction of sp³-hybridized carbons (Fsp3) is 1.00. The molecule has 0 aliphatic carbocycles. The van der Waals surface area contributed by atoms with Crippen LogP contribution >= 0.6 is 0 Å². The molecule has 20 heavy (non-hydrogen) atoms. The Labute approximate surface area is 125 Å². The Bertz CT molecular complexity index is 328. The summed E-state index contributed by atoms with van der Waals surface area (Å²) in [6, 6.07) is 0.490. The predicted molar refractivity (Wildman–Crippen MR) is 82.7 cm³/mol. The highest BCUT2D eigenvalue weighted by Crippen LogP contribution is 2.45. The minimum atomic E-state index is -0.388. The normalized spacial score (nSPS) is 30.9. The third kappa shape index (κ3) is 3.20. The predicted octanol–water partition coefficient (Wildman–Crippen LogP) is 3.67. The lowest BCUT2D eigenvalue weighted by Crippen LogP contribution is -2.52. The van der Waals surface area contributed by atoms with E-state index >= 15 is 0 Å². The quantitative estimate of drug-likeness (QED) is 0.677. The maximum absolute atomic E-state index is 6.23. The maximum Gasteiger partial charge on any atom is 0.182 e. The van der Waals surface area contributed by atoms with Crippen molar-refractivity contribution >= 4 is 0 Å². The number of nitrogens with zero attached hydrogens (tertiary/aromatic N) is 1. The van der Waals surface area contributed by atoms with Crippen LogP contribution in [0.2, 0.25) is 0 Å². The Morgan fingerprint density at radius 2 is 1.45 bits per heavy atom. The van der Waals surface area contributed by atoms with Gasteiger partial charge in [-0.1, -0.05) is 34.6 Å². The van der Waals surface area contributed by atoms with Gasteiger partial charge in [0.1, 0.15) is 0 Å². The number of ether oxygens (including phenoxy) is 2. The van der Waals surface area contributed by atoms with Gasteiger partial charge in [-0.3, -0.25) is 4.90 Å². The van der Waals surface area contributed by atoms with Crippen molar-refractivity contribution in [2.24, 2.45) is 10.8 Å². The van der Waals surface area contributed by atoms with Gasteiger partial charge in [-0.25, -0.2) is 0 Å². The summed E-state index contributed by atoms with van der Waals surface area (Å²) in [5, 5.41) is 0. The van der Waals surface area contributed by atoms with Crippen molar-refractivity contribution < 1.29 is 9.47 Å². The van der Waals surface area contributed by atoms with E-state index in [9.17, 15) is 0 Å². The summed E-state index contributed by atoms with van der Waals surface area (Å²) >= 11 is 0. The summed E-state index contributed by atoms with van der Waals surface area (Å²) in [5.41, 5.74) is 0.509. The van der Waals surface area contributed by atoms with Crippen LogP contribution in [0.15, 0.2) is 0 Å². The van der Waals surface area contributed by atoms with Gasteiger partial charge in [0.25, 0.3) is 0 Å². The molecule has 0 radical (unpaired) electrons. The molecular formula is C17H33NO2. The summed E-state index contributed by atoms with van der Waals surface area (Å²) in [6.07, 6.45) is 0.976. The monoisotopic (exact) mass is 283 g/mol. The van der Waals surface area contributed by atoms with Crippen molar-refractivity contribution in [3.63, 3.8) is 0 Å². The summed E-state index contributed by atoms with van der Waals surface area (Å²) < 4.78 is 12.5. The van der Waals surface area contributed by atoms with Crippen molar-refractivity contribution in [1.29, 1.82) is 0 Å². The van der Waals surface area contributed by atoms with Gasteiger partial charge in [-0.05, 0) is 26.2 Å². The number of rotatable bonds is 0. The molecule has 118 valence electrons. The first-order chi connectivity index (χ1) is 8.85. The van der Waals surface area contributed by atoms with Crippen molar-refractivity contribution in [2.45, 2.75) is 79.2 Å². The zero-order valence-corrected chi connectivity index (χ0v) is 14.7. The lowest BCUT2D eigenvalue weighted by Gasteiger charge is -2.43. The average molecular weight is 283 g/mol. The molecule has 2 fully saturated rings. The van der Waals surface area contributed by atoms with Crippen LogP contribution in [0, 0.1) is 10.8 Å². The molecule has 3 heteroatoms. The molecule has 2 rings (SSSR count). The van der Waals surface area contributed by atoms with E-state index in [2.05, 4.69) is 60.3 Å². The van der Waals surface area contributed by atoms with Crippen LogP contribution < -0.4 is 0 Å². The minimum Gasteiger partial charge on any atom is -0.348 e. The molecule has 0 N–H and O–H groups in total. The first kappa shape index (κ1) is 16.3. The second-order valence-corrected chi connectivity index (χ2v) is 9.54.